The van der Waals surface area contributed by atoms with Crippen LogP contribution in [0.15, 0.2) is 34.9 Å². The van der Waals surface area contributed by atoms with Gasteiger partial charge in [0, 0.05) is 0 Å². The fraction of sp³-hybridized carbons (Fsp3) is 0.650. The molecular weight excluding hydrogens is 254 g/mol. The first-order valence-corrected chi connectivity index (χ1v) is 8.18. The predicted octanol–water partition coefficient (Wildman–Crippen LogP) is 6.59. The molecule has 0 bridgehead atoms. The molecule has 1 heteroatoms. The summed E-state index contributed by atoms with van der Waals surface area (Å²) in [7, 11) is 0. The van der Waals surface area contributed by atoms with E-state index in [1.807, 2.05) is 0 Å². The highest BCUT2D eigenvalue weighted by Gasteiger charge is 2.14. The van der Waals surface area contributed by atoms with Crippen LogP contribution in [-0.4, -0.2) is 0 Å². The van der Waals surface area contributed by atoms with Crippen LogP contribution < -0.4 is 0 Å². The molecule has 0 aromatic rings. The number of nitrogens with zero attached hydrogens (tertiary/aromatic N) is 1. The molecule has 0 radical (unpaired) electrons. The van der Waals surface area contributed by atoms with E-state index in [-0.39, 0.29) is 5.92 Å². The van der Waals surface area contributed by atoms with Crippen molar-refractivity contribution in [2.24, 2.45) is 11.8 Å². The molecule has 0 aliphatic rings. The Morgan fingerprint density at radius 2 is 1.52 bits per heavy atom. The minimum absolute atomic E-state index is 0.147. The Kier molecular flexibility index (Phi) is 10.7. The van der Waals surface area contributed by atoms with Gasteiger partial charge in [0.2, 0.25) is 0 Å². The van der Waals surface area contributed by atoms with Crippen molar-refractivity contribution >= 4 is 0 Å². The first-order valence-electron chi connectivity index (χ1n) is 8.18. The number of hydrogen-bond donors (Lipinski definition) is 0. The molecule has 2 unspecified atom stereocenters. The Morgan fingerprint density at radius 1 is 0.952 bits per heavy atom. The zero-order valence-electron chi connectivity index (χ0n) is 14.9. The van der Waals surface area contributed by atoms with Gasteiger partial charge in [0.25, 0.3) is 0 Å². The van der Waals surface area contributed by atoms with E-state index >= 15 is 0 Å². The molecule has 0 heterocycles. The highest BCUT2D eigenvalue weighted by molar-refractivity contribution is 5.05. The van der Waals surface area contributed by atoms with Crippen LogP contribution in [0, 0.1) is 23.2 Å². The van der Waals surface area contributed by atoms with Gasteiger partial charge in [-0.05, 0) is 72.6 Å². The third kappa shape index (κ3) is 11.1. The zero-order valence-corrected chi connectivity index (χ0v) is 14.9. The SMILES string of the molecule is CC(C)=CCC/C(C)=C/CC(C#N)C(C)CCC=C(C)C. The molecule has 0 spiro atoms. The molecule has 0 aliphatic heterocycles. The van der Waals surface area contributed by atoms with E-state index in [9.17, 15) is 5.26 Å². The van der Waals surface area contributed by atoms with Crippen LogP contribution in [0.4, 0.5) is 0 Å². The first-order chi connectivity index (χ1) is 9.86. The smallest absolute Gasteiger partial charge is 0.0661 e. The molecule has 1 nitrogen and oxygen atoms in total. The Hall–Kier alpha value is -1.29. The third-order valence-corrected chi connectivity index (χ3v) is 3.84. The van der Waals surface area contributed by atoms with Crippen LogP contribution in [0.25, 0.3) is 0 Å². The summed E-state index contributed by atoms with van der Waals surface area (Å²) in [5, 5.41) is 9.36. The maximum Gasteiger partial charge on any atom is 0.0661 e. The van der Waals surface area contributed by atoms with E-state index in [0.29, 0.717) is 5.92 Å². The van der Waals surface area contributed by atoms with Gasteiger partial charge in [-0.2, -0.15) is 5.26 Å². The second-order valence-electron chi connectivity index (χ2n) is 6.68. The molecule has 0 fully saturated rings. The quantitative estimate of drug-likeness (QED) is 0.439. The molecule has 21 heavy (non-hydrogen) atoms. The van der Waals surface area contributed by atoms with Crippen LogP contribution in [0.2, 0.25) is 0 Å². The van der Waals surface area contributed by atoms with Crippen LogP contribution >= 0.6 is 0 Å². The van der Waals surface area contributed by atoms with E-state index in [0.717, 1.165) is 32.1 Å². The van der Waals surface area contributed by atoms with E-state index in [4.69, 9.17) is 0 Å². The molecule has 0 saturated carbocycles. The van der Waals surface area contributed by atoms with Gasteiger partial charge in [0.05, 0.1) is 12.0 Å². The van der Waals surface area contributed by atoms with E-state index in [2.05, 4.69) is 65.8 Å². The van der Waals surface area contributed by atoms with Crippen molar-refractivity contribution in [3.05, 3.63) is 34.9 Å². The van der Waals surface area contributed by atoms with Crippen LogP contribution in [-0.2, 0) is 0 Å². The average molecular weight is 287 g/mol. The van der Waals surface area contributed by atoms with Gasteiger partial charge < -0.3 is 0 Å². The molecule has 118 valence electrons. The summed E-state index contributed by atoms with van der Waals surface area (Å²) in [5.41, 5.74) is 4.15. The lowest BCUT2D eigenvalue weighted by Crippen LogP contribution is -2.08. The molecule has 0 aliphatic carbocycles. The van der Waals surface area contributed by atoms with Crippen molar-refractivity contribution in [1.82, 2.24) is 0 Å². The van der Waals surface area contributed by atoms with E-state index in [1.165, 1.54) is 16.7 Å². The minimum atomic E-state index is 0.147. The number of hydrogen-bond acceptors (Lipinski definition) is 1. The van der Waals surface area contributed by atoms with Crippen LogP contribution in [0.1, 0.15) is 73.6 Å². The van der Waals surface area contributed by atoms with Gasteiger partial charge in [-0.25, -0.2) is 0 Å². The molecule has 0 saturated heterocycles. The summed E-state index contributed by atoms with van der Waals surface area (Å²) in [6, 6.07) is 2.49. The fourth-order valence-corrected chi connectivity index (χ4v) is 2.27. The van der Waals surface area contributed by atoms with Crippen molar-refractivity contribution in [2.75, 3.05) is 0 Å². The van der Waals surface area contributed by atoms with Crippen molar-refractivity contribution in [3.8, 4) is 6.07 Å². The second-order valence-corrected chi connectivity index (χ2v) is 6.68. The first kappa shape index (κ1) is 19.7. The summed E-state index contributed by atoms with van der Waals surface area (Å²) in [4.78, 5) is 0. The minimum Gasteiger partial charge on any atom is -0.198 e. The summed E-state index contributed by atoms with van der Waals surface area (Å²) in [6.07, 6.45) is 12.1. The largest absolute Gasteiger partial charge is 0.198 e. The summed E-state index contributed by atoms with van der Waals surface area (Å²) in [5.74, 6) is 0.612. The van der Waals surface area contributed by atoms with Crippen LogP contribution in [0.3, 0.4) is 0 Å². The Balaban J connectivity index is 4.27. The Bertz CT molecular complexity index is 410. The average Bonchev–Trinajstić information content (AvgIpc) is 2.38. The normalized spacial score (nSPS) is 14.0. The van der Waals surface area contributed by atoms with Gasteiger partial charge in [-0.1, -0.05) is 41.9 Å². The molecule has 0 aromatic carbocycles. The monoisotopic (exact) mass is 287 g/mol. The van der Waals surface area contributed by atoms with Crippen molar-refractivity contribution in [3.63, 3.8) is 0 Å². The van der Waals surface area contributed by atoms with Gasteiger partial charge in [-0.15, -0.1) is 0 Å². The maximum atomic E-state index is 9.36. The lowest BCUT2D eigenvalue weighted by Gasteiger charge is -2.15. The molecule has 2 atom stereocenters. The molecule has 0 amide bonds. The topological polar surface area (TPSA) is 23.8 Å². The number of rotatable bonds is 9. The van der Waals surface area contributed by atoms with Gasteiger partial charge in [-0.3, -0.25) is 0 Å². The summed E-state index contributed by atoms with van der Waals surface area (Å²) in [6.45, 7) is 12.9. The van der Waals surface area contributed by atoms with Crippen LogP contribution in [0.5, 0.6) is 0 Å². The second kappa shape index (κ2) is 11.4. The van der Waals surface area contributed by atoms with Crippen molar-refractivity contribution in [1.29, 1.82) is 5.26 Å². The zero-order chi connectivity index (χ0) is 16.3. The van der Waals surface area contributed by atoms with Crippen molar-refractivity contribution < 1.29 is 0 Å². The fourth-order valence-electron chi connectivity index (χ4n) is 2.27. The Morgan fingerprint density at radius 3 is 2.05 bits per heavy atom. The van der Waals surface area contributed by atoms with E-state index in [1.54, 1.807) is 0 Å². The standard InChI is InChI=1S/C20H33N/c1-16(2)9-7-11-18(5)13-14-20(15-21)19(6)12-8-10-17(3)4/h9-10,13,19-20H,7-8,11-12,14H2,1-6H3/b18-13+. The van der Waals surface area contributed by atoms with Gasteiger partial charge in [0.1, 0.15) is 0 Å². The Labute approximate surface area is 132 Å². The molecule has 0 aromatic heterocycles. The molecular formula is C20H33N. The lowest BCUT2D eigenvalue weighted by atomic mass is 9.87. The predicted molar refractivity (Wildman–Crippen MR) is 94.0 cm³/mol. The molecule has 0 N–H and O–H groups in total. The van der Waals surface area contributed by atoms with Gasteiger partial charge >= 0.3 is 0 Å². The summed E-state index contributed by atoms with van der Waals surface area (Å²) < 4.78 is 0. The lowest BCUT2D eigenvalue weighted by molar-refractivity contribution is 0.414. The molecule has 0 rings (SSSR count). The van der Waals surface area contributed by atoms with E-state index < -0.39 is 0 Å². The highest BCUT2D eigenvalue weighted by atomic mass is 14.3. The van der Waals surface area contributed by atoms with Crippen molar-refractivity contribution in [2.45, 2.75) is 73.6 Å². The summed E-state index contributed by atoms with van der Waals surface area (Å²) >= 11 is 0. The highest BCUT2D eigenvalue weighted by Crippen LogP contribution is 2.22. The third-order valence-electron chi connectivity index (χ3n) is 3.84. The number of nitriles is 1. The maximum absolute atomic E-state index is 9.36. The number of allylic oxidation sites excluding steroid dienone is 6. The van der Waals surface area contributed by atoms with Gasteiger partial charge in [0.15, 0.2) is 0 Å².